The van der Waals surface area contributed by atoms with Crippen LogP contribution in [0.3, 0.4) is 0 Å². The van der Waals surface area contributed by atoms with Crippen molar-refractivity contribution in [1.29, 1.82) is 0 Å². The molecule has 1 heterocycles. The molecule has 32 heavy (non-hydrogen) atoms. The first-order valence-corrected chi connectivity index (χ1v) is 11.5. The number of anilines is 1. The molecule has 0 radical (unpaired) electrons. The molecule has 0 saturated carbocycles. The van der Waals surface area contributed by atoms with Crippen molar-refractivity contribution in [3.8, 4) is 11.5 Å². The highest BCUT2D eigenvalue weighted by molar-refractivity contribution is 7.92. The molecule has 0 fully saturated rings. The van der Waals surface area contributed by atoms with E-state index in [0.29, 0.717) is 11.1 Å². The maximum absolute atomic E-state index is 12.7. The van der Waals surface area contributed by atoms with Crippen molar-refractivity contribution in [1.82, 2.24) is 4.98 Å². The van der Waals surface area contributed by atoms with Crippen molar-refractivity contribution in [3.63, 3.8) is 0 Å². The fourth-order valence-electron chi connectivity index (χ4n) is 3.11. The summed E-state index contributed by atoms with van der Waals surface area (Å²) in [4.78, 5) is 4.50. The summed E-state index contributed by atoms with van der Waals surface area (Å²) in [7, 11) is -3.93. The van der Waals surface area contributed by atoms with Gasteiger partial charge in [-0.1, -0.05) is 47.5 Å². The third-order valence-corrected chi connectivity index (χ3v) is 6.53. The molecule has 0 bridgehead atoms. The Hall–Kier alpha value is -3.55. The molecule has 0 spiro atoms. The van der Waals surface area contributed by atoms with Crippen LogP contribution in [-0.2, 0) is 10.0 Å². The van der Waals surface area contributed by atoms with Gasteiger partial charge in [0.15, 0.2) is 5.75 Å². The molecule has 8 heteroatoms. The number of rotatable bonds is 5. The largest absolute Gasteiger partial charge is 0.508 e. The van der Waals surface area contributed by atoms with E-state index in [4.69, 9.17) is 11.6 Å². The van der Waals surface area contributed by atoms with Crippen molar-refractivity contribution in [2.24, 2.45) is 0 Å². The molecule has 4 aromatic rings. The number of fused-ring (bicyclic) bond motifs is 1. The number of aromatic hydroxyl groups is 2. The first-order chi connectivity index (χ1) is 15.2. The molecule has 162 valence electrons. The van der Waals surface area contributed by atoms with Gasteiger partial charge in [0.05, 0.1) is 21.3 Å². The SMILES string of the molecule is Cc1ccc(S(=O)(=O)Nc2cc(Cl)c3ccc(/C=C/c4ccc(O)cc4)nc3c2O)cc1. The lowest BCUT2D eigenvalue weighted by Crippen LogP contribution is -2.13. The lowest BCUT2D eigenvalue weighted by atomic mass is 10.1. The Bertz CT molecular complexity index is 1430. The Morgan fingerprint density at radius 3 is 2.31 bits per heavy atom. The second-order valence-corrected chi connectivity index (χ2v) is 9.32. The maximum Gasteiger partial charge on any atom is 0.262 e. The molecule has 3 N–H and O–H groups in total. The van der Waals surface area contributed by atoms with Gasteiger partial charge < -0.3 is 10.2 Å². The summed E-state index contributed by atoms with van der Waals surface area (Å²) in [6, 6.07) is 17.8. The number of benzene rings is 3. The van der Waals surface area contributed by atoms with Crippen LogP contribution in [0, 0.1) is 6.92 Å². The molecular weight excluding hydrogens is 448 g/mol. The minimum atomic E-state index is -3.93. The van der Waals surface area contributed by atoms with Crippen molar-refractivity contribution < 1.29 is 18.6 Å². The van der Waals surface area contributed by atoms with Crippen LogP contribution in [-0.4, -0.2) is 23.6 Å². The third kappa shape index (κ3) is 4.54. The molecular formula is C24H19ClN2O4S. The van der Waals surface area contributed by atoms with Gasteiger partial charge in [-0.2, -0.15) is 0 Å². The van der Waals surface area contributed by atoms with Gasteiger partial charge in [0, 0.05) is 5.39 Å². The van der Waals surface area contributed by atoms with E-state index in [-0.39, 0.29) is 32.6 Å². The van der Waals surface area contributed by atoms with Gasteiger partial charge in [-0.15, -0.1) is 0 Å². The van der Waals surface area contributed by atoms with E-state index in [1.165, 1.54) is 18.2 Å². The van der Waals surface area contributed by atoms with Crippen molar-refractivity contribution >= 4 is 50.4 Å². The zero-order valence-corrected chi connectivity index (χ0v) is 18.5. The number of nitrogens with zero attached hydrogens (tertiary/aromatic N) is 1. The van der Waals surface area contributed by atoms with E-state index in [2.05, 4.69) is 9.71 Å². The van der Waals surface area contributed by atoms with Gasteiger partial charge in [-0.25, -0.2) is 13.4 Å². The second-order valence-electron chi connectivity index (χ2n) is 7.23. The van der Waals surface area contributed by atoms with Crippen molar-refractivity contribution in [3.05, 3.63) is 88.6 Å². The van der Waals surface area contributed by atoms with Crippen molar-refractivity contribution in [2.75, 3.05) is 4.72 Å². The Balaban J connectivity index is 1.71. The molecule has 0 unspecified atom stereocenters. The number of hydrogen-bond acceptors (Lipinski definition) is 5. The molecule has 6 nitrogen and oxygen atoms in total. The molecule has 0 aliphatic rings. The number of phenolic OH excluding ortho intramolecular Hbond substituents is 2. The average molecular weight is 467 g/mol. The zero-order valence-electron chi connectivity index (χ0n) is 16.9. The van der Waals surface area contributed by atoms with E-state index in [0.717, 1.165) is 11.1 Å². The number of phenols is 2. The van der Waals surface area contributed by atoms with Crippen LogP contribution >= 0.6 is 11.6 Å². The normalized spacial score (nSPS) is 11.8. The van der Waals surface area contributed by atoms with Crippen LogP contribution in [0.15, 0.2) is 71.6 Å². The number of aryl methyl sites for hydroxylation is 1. The second kappa shape index (κ2) is 8.53. The highest BCUT2D eigenvalue weighted by atomic mass is 35.5. The number of halogens is 1. The average Bonchev–Trinajstić information content (AvgIpc) is 2.77. The van der Waals surface area contributed by atoms with Crippen molar-refractivity contribution in [2.45, 2.75) is 11.8 Å². The first-order valence-electron chi connectivity index (χ1n) is 9.62. The van der Waals surface area contributed by atoms with Crippen LogP contribution in [0.2, 0.25) is 5.02 Å². The van der Waals surface area contributed by atoms with Crippen LogP contribution < -0.4 is 4.72 Å². The van der Waals surface area contributed by atoms with E-state index < -0.39 is 10.0 Å². The molecule has 0 atom stereocenters. The van der Waals surface area contributed by atoms with E-state index in [1.807, 2.05) is 6.92 Å². The topological polar surface area (TPSA) is 99.5 Å². The van der Waals surface area contributed by atoms with E-state index >= 15 is 0 Å². The summed E-state index contributed by atoms with van der Waals surface area (Å²) in [5, 5.41) is 20.9. The van der Waals surface area contributed by atoms with Gasteiger partial charge >= 0.3 is 0 Å². The monoisotopic (exact) mass is 466 g/mol. The van der Waals surface area contributed by atoms with Gasteiger partial charge in [0.1, 0.15) is 11.3 Å². The third-order valence-electron chi connectivity index (χ3n) is 4.84. The fourth-order valence-corrected chi connectivity index (χ4v) is 4.43. The number of pyridine rings is 1. The molecule has 0 saturated heterocycles. The van der Waals surface area contributed by atoms with Crippen LogP contribution in [0.1, 0.15) is 16.8 Å². The molecule has 0 amide bonds. The van der Waals surface area contributed by atoms with E-state index in [1.54, 1.807) is 60.7 Å². The van der Waals surface area contributed by atoms with Gasteiger partial charge in [0.25, 0.3) is 10.0 Å². The molecule has 1 aromatic heterocycles. The van der Waals surface area contributed by atoms with Gasteiger partial charge in [-0.3, -0.25) is 4.72 Å². The first kappa shape index (κ1) is 21.7. The lowest BCUT2D eigenvalue weighted by molar-refractivity contribution is 0.475. The predicted octanol–water partition coefficient (Wildman–Crippen LogP) is 5.58. The Morgan fingerprint density at radius 1 is 0.938 bits per heavy atom. The van der Waals surface area contributed by atoms with E-state index in [9.17, 15) is 18.6 Å². The minimum Gasteiger partial charge on any atom is -0.508 e. The summed E-state index contributed by atoms with van der Waals surface area (Å²) in [6.45, 7) is 1.86. The number of sulfonamides is 1. The number of nitrogens with one attached hydrogen (secondary N) is 1. The Kier molecular flexibility index (Phi) is 5.78. The predicted molar refractivity (Wildman–Crippen MR) is 127 cm³/mol. The van der Waals surface area contributed by atoms with Crippen LogP contribution in [0.5, 0.6) is 11.5 Å². The fraction of sp³-hybridized carbons (Fsp3) is 0.0417. The highest BCUT2D eigenvalue weighted by Gasteiger charge is 2.19. The number of hydrogen-bond donors (Lipinski definition) is 3. The maximum atomic E-state index is 12.7. The molecule has 0 aliphatic heterocycles. The summed E-state index contributed by atoms with van der Waals surface area (Å²) in [5.41, 5.74) is 2.43. The van der Waals surface area contributed by atoms with Crippen LogP contribution in [0.25, 0.3) is 23.1 Å². The van der Waals surface area contributed by atoms with Gasteiger partial charge in [0.2, 0.25) is 0 Å². The zero-order chi connectivity index (χ0) is 22.9. The highest BCUT2D eigenvalue weighted by Crippen LogP contribution is 2.38. The Labute approximate surface area is 190 Å². The smallest absolute Gasteiger partial charge is 0.262 e. The molecule has 0 aliphatic carbocycles. The molecule has 3 aromatic carbocycles. The molecule has 4 rings (SSSR count). The summed E-state index contributed by atoms with van der Waals surface area (Å²) in [6.07, 6.45) is 3.54. The van der Waals surface area contributed by atoms with Crippen LogP contribution in [0.4, 0.5) is 5.69 Å². The number of aromatic nitrogens is 1. The summed E-state index contributed by atoms with van der Waals surface area (Å²) >= 11 is 6.34. The summed E-state index contributed by atoms with van der Waals surface area (Å²) < 4.78 is 27.9. The standard InChI is InChI=1S/C24H19ClN2O4S/c1-15-2-11-19(12-3-15)32(30,31)27-22-14-21(25)20-13-8-17(26-23(20)24(22)29)7-4-16-5-9-18(28)10-6-16/h2-14,27-29H,1H3/b7-4+. The van der Waals surface area contributed by atoms with Gasteiger partial charge in [-0.05, 0) is 61.0 Å². The quantitative estimate of drug-likeness (QED) is 0.333. The lowest BCUT2D eigenvalue weighted by Gasteiger charge is -2.13. The summed E-state index contributed by atoms with van der Waals surface area (Å²) in [5.74, 6) is -0.147. The Morgan fingerprint density at radius 2 is 1.62 bits per heavy atom. The minimum absolute atomic E-state index is 0.0600.